The third-order valence-corrected chi connectivity index (χ3v) is 7.01. The lowest BCUT2D eigenvalue weighted by molar-refractivity contribution is -0.154. The van der Waals surface area contributed by atoms with E-state index in [4.69, 9.17) is 0 Å². The van der Waals surface area contributed by atoms with Gasteiger partial charge in [0.2, 0.25) is 0 Å². The van der Waals surface area contributed by atoms with Crippen LogP contribution in [-0.4, -0.2) is 22.7 Å². The van der Waals surface area contributed by atoms with E-state index in [2.05, 4.69) is 111 Å². The monoisotopic (exact) mass is 385 g/mol. The van der Waals surface area contributed by atoms with Crippen LogP contribution >= 0.6 is 0 Å². The molecule has 0 radical (unpaired) electrons. The fraction of sp³-hybridized carbons (Fsp3) is 0.333. The molecule has 2 heteroatoms. The minimum Gasteiger partial charge on any atom is -0.389 e. The Morgan fingerprint density at radius 2 is 1.07 bits per heavy atom. The van der Waals surface area contributed by atoms with Crippen LogP contribution in [0.1, 0.15) is 42.6 Å². The van der Waals surface area contributed by atoms with Crippen molar-refractivity contribution < 1.29 is 5.11 Å². The van der Waals surface area contributed by atoms with E-state index < -0.39 is 5.60 Å². The third kappa shape index (κ3) is 3.63. The van der Waals surface area contributed by atoms with Crippen molar-refractivity contribution in [1.29, 1.82) is 0 Å². The van der Waals surface area contributed by atoms with Gasteiger partial charge < -0.3 is 5.11 Å². The third-order valence-electron chi connectivity index (χ3n) is 7.01. The second-order valence-electron chi connectivity index (χ2n) is 8.61. The highest BCUT2D eigenvalue weighted by molar-refractivity contribution is 5.29. The van der Waals surface area contributed by atoms with E-state index in [1.54, 1.807) is 0 Å². The van der Waals surface area contributed by atoms with E-state index >= 15 is 0 Å². The number of benzene rings is 3. The van der Waals surface area contributed by atoms with Crippen LogP contribution in [0.25, 0.3) is 0 Å². The quantitative estimate of drug-likeness (QED) is 0.626. The smallest absolute Gasteiger partial charge is 0.0775 e. The highest BCUT2D eigenvalue weighted by atomic mass is 16.3. The number of aliphatic hydroxyl groups is 1. The van der Waals surface area contributed by atoms with E-state index in [1.807, 2.05) is 6.07 Å². The number of hydrogen-bond acceptors (Lipinski definition) is 2. The van der Waals surface area contributed by atoms with E-state index in [0.717, 1.165) is 0 Å². The SMILES string of the molecule is CC1C(c2ccccc2)N(C)C(c2ccccc2)C(C)C1(O)Cc1ccccc1. The Bertz CT molecular complexity index is 856. The number of likely N-dealkylation sites (tertiary alicyclic amines) is 1. The molecule has 4 unspecified atom stereocenters. The molecule has 3 aromatic rings. The fourth-order valence-electron chi connectivity index (χ4n) is 5.43. The summed E-state index contributed by atoms with van der Waals surface area (Å²) in [7, 11) is 2.21. The van der Waals surface area contributed by atoms with Crippen LogP contribution in [0.3, 0.4) is 0 Å². The standard InChI is InChI=1S/C27H31NO/c1-20-25(23-15-9-5-10-16-23)28(3)26(24-17-11-6-12-18-24)21(2)27(20,29)19-22-13-7-4-8-14-22/h4-18,20-21,25-26,29H,19H2,1-3H3. The zero-order chi connectivity index (χ0) is 20.4. The molecule has 0 bridgehead atoms. The molecule has 4 rings (SSSR count). The minimum atomic E-state index is -0.811. The van der Waals surface area contributed by atoms with Crippen molar-refractivity contribution in [3.05, 3.63) is 108 Å². The van der Waals surface area contributed by atoms with Crippen LogP contribution in [0.2, 0.25) is 0 Å². The largest absolute Gasteiger partial charge is 0.389 e. The Balaban J connectivity index is 1.81. The molecule has 2 nitrogen and oxygen atoms in total. The summed E-state index contributed by atoms with van der Waals surface area (Å²) in [4.78, 5) is 2.47. The summed E-state index contributed by atoms with van der Waals surface area (Å²) in [6.45, 7) is 4.43. The van der Waals surface area contributed by atoms with Crippen molar-refractivity contribution >= 4 is 0 Å². The van der Waals surface area contributed by atoms with E-state index in [1.165, 1.54) is 16.7 Å². The first kappa shape index (κ1) is 19.9. The van der Waals surface area contributed by atoms with Crippen LogP contribution in [0.4, 0.5) is 0 Å². The van der Waals surface area contributed by atoms with Gasteiger partial charge in [-0.1, -0.05) is 105 Å². The lowest BCUT2D eigenvalue weighted by atomic mass is 9.63. The van der Waals surface area contributed by atoms with Crippen LogP contribution in [0.5, 0.6) is 0 Å². The molecule has 1 saturated heterocycles. The van der Waals surface area contributed by atoms with Gasteiger partial charge in [-0.2, -0.15) is 0 Å². The van der Waals surface area contributed by atoms with Crippen molar-refractivity contribution in [3.63, 3.8) is 0 Å². The summed E-state index contributed by atoms with van der Waals surface area (Å²) < 4.78 is 0. The molecule has 0 aromatic heterocycles. The lowest BCUT2D eigenvalue weighted by Gasteiger charge is -2.56. The van der Waals surface area contributed by atoms with E-state index in [9.17, 15) is 5.11 Å². The van der Waals surface area contributed by atoms with Gasteiger partial charge in [0.25, 0.3) is 0 Å². The van der Waals surface area contributed by atoms with Crippen molar-refractivity contribution in [2.75, 3.05) is 7.05 Å². The topological polar surface area (TPSA) is 23.5 Å². The van der Waals surface area contributed by atoms with Gasteiger partial charge in [-0.15, -0.1) is 0 Å². The van der Waals surface area contributed by atoms with Crippen LogP contribution in [0, 0.1) is 11.8 Å². The second-order valence-corrected chi connectivity index (χ2v) is 8.61. The Morgan fingerprint density at radius 3 is 1.48 bits per heavy atom. The molecule has 4 atom stereocenters. The van der Waals surface area contributed by atoms with Gasteiger partial charge >= 0.3 is 0 Å². The second kappa shape index (κ2) is 8.14. The predicted octanol–water partition coefficient (Wildman–Crippen LogP) is 5.66. The maximum absolute atomic E-state index is 12.2. The Morgan fingerprint density at radius 1 is 0.690 bits per heavy atom. The van der Waals surface area contributed by atoms with E-state index in [-0.39, 0.29) is 23.9 Å². The maximum atomic E-state index is 12.2. The van der Waals surface area contributed by atoms with Crippen LogP contribution in [-0.2, 0) is 6.42 Å². The lowest BCUT2D eigenvalue weighted by Crippen LogP contribution is -2.59. The fourth-order valence-corrected chi connectivity index (χ4v) is 5.43. The zero-order valence-electron chi connectivity index (χ0n) is 17.6. The molecule has 1 fully saturated rings. The predicted molar refractivity (Wildman–Crippen MR) is 120 cm³/mol. The number of rotatable bonds is 4. The Kier molecular flexibility index (Phi) is 5.58. The molecule has 3 aromatic carbocycles. The molecule has 0 saturated carbocycles. The molecule has 1 aliphatic heterocycles. The number of hydrogen-bond donors (Lipinski definition) is 1. The van der Waals surface area contributed by atoms with Gasteiger partial charge in [0.1, 0.15) is 0 Å². The van der Waals surface area contributed by atoms with Crippen molar-refractivity contribution in [3.8, 4) is 0 Å². The first-order valence-corrected chi connectivity index (χ1v) is 10.6. The van der Waals surface area contributed by atoms with Gasteiger partial charge in [-0.05, 0) is 23.7 Å². The summed E-state index contributed by atoms with van der Waals surface area (Å²) in [6.07, 6.45) is 0.663. The van der Waals surface area contributed by atoms with Crippen molar-refractivity contribution in [2.45, 2.75) is 38.0 Å². The highest BCUT2D eigenvalue weighted by Crippen LogP contribution is 2.52. The number of piperidine rings is 1. The summed E-state index contributed by atoms with van der Waals surface area (Å²) in [6, 6.07) is 32.0. The molecule has 1 heterocycles. The molecule has 1 aliphatic rings. The van der Waals surface area contributed by atoms with Gasteiger partial charge in [0.15, 0.2) is 0 Å². The molecule has 150 valence electrons. The molecule has 29 heavy (non-hydrogen) atoms. The van der Waals surface area contributed by atoms with Crippen molar-refractivity contribution in [2.24, 2.45) is 11.8 Å². The average molecular weight is 386 g/mol. The molecule has 0 aliphatic carbocycles. The Labute approximate surface area is 174 Å². The van der Waals surface area contributed by atoms with Crippen molar-refractivity contribution in [1.82, 2.24) is 4.90 Å². The molecule has 0 spiro atoms. The summed E-state index contributed by atoms with van der Waals surface area (Å²) in [5.74, 6) is 0.176. The number of nitrogens with zero attached hydrogens (tertiary/aromatic N) is 1. The molecular formula is C27H31NO. The maximum Gasteiger partial charge on any atom is 0.0775 e. The zero-order valence-corrected chi connectivity index (χ0v) is 17.6. The highest BCUT2D eigenvalue weighted by Gasteiger charge is 2.53. The van der Waals surface area contributed by atoms with Crippen LogP contribution in [0.15, 0.2) is 91.0 Å². The Hall–Kier alpha value is -2.42. The minimum absolute atomic E-state index is 0.0880. The van der Waals surface area contributed by atoms with E-state index in [0.29, 0.717) is 6.42 Å². The average Bonchev–Trinajstić information content (AvgIpc) is 2.75. The molecular weight excluding hydrogens is 354 g/mol. The van der Waals surface area contributed by atoms with Gasteiger partial charge in [-0.3, -0.25) is 4.90 Å². The first-order valence-electron chi connectivity index (χ1n) is 10.6. The van der Waals surface area contributed by atoms with Gasteiger partial charge in [0.05, 0.1) is 5.60 Å². The summed E-state index contributed by atoms with van der Waals surface area (Å²) in [5, 5.41) is 12.2. The molecule has 1 N–H and O–H groups in total. The summed E-state index contributed by atoms with van der Waals surface area (Å²) in [5.41, 5.74) is 2.91. The van der Waals surface area contributed by atoms with Gasteiger partial charge in [0, 0.05) is 30.3 Å². The summed E-state index contributed by atoms with van der Waals surface area (Å²) >= 11 is 0. The molecule has 0 amide bonds. The normalized spacial score (nSPS) is 30.2. The van der Waals surface area contributed by atoms with Gasteiger partial charge in [-0.25, -0.2) is 0 Å². The van der Waals surface area contributed by atoms with Crippen LogP contribution < -0.4 is 0 Å². The first-order chi connectivity index (χ1) is 14.0.